The van der Waals surface area contributed by atoms with Gasteiger partial charge in [-0.25, -0.2) is 13.4 Å². The van der Waals surface area contributed by atoms with Crippen molar-refractivity contribution in [2.45, 2.75) is 11.9 Å². The molecule has 0 radical (unpaired) electrons. The van der Waals surface area contributed by atoms with Crippen LogP contribution in [-0.2, 0) is 21.9 Å². The quantitative estimate of drug-likeness (QED) is 0.782. The summed E-state index contributed by atoms with van der Waals surface area (Å²) in [4.78, 5) is 16.1. The van der Waals surface area contributed by atoms with Crippen LogP contribution >= 0.6 is 11.6 Å². The van der Waals surface area contributed by atoms with Crippen molar-refractivity contribution in [1.29, 1.82) is 0 Å². The molecule has 1 amide bonds. The Kier molecular flexibility index (Phi) is 6.04. The maximum absolute atomic E-state index is 12.7. The zero-order chi connectivity index (χ0) is 18.6. The molecule has 2 aromatic rings. The number of likely N-dealkylation sites (N-methyl/N-ethyl adjacent to an activating group) is 1. The zero-order valence-electron chi connectivity index (χ0n) is 14.1. The van der Waals surface area contributed by atoms with Gasteiger partial charge in [-0.3, -0.25) is 4.79 Å². The number of rotatable bonds is 7. The number of hydrogen-bond acceptors (Lipinski definition) is 5. The Morgan fingerprint density at radius 2 is 2.16 bits per heavy atom. The summed E-state index contributed by atoms with van der Waals surface area (Å²) in [5, 5.41) is 2.36. The van der Waals surface area contributed by atoms with Crippen molar-refractivity contribution in [3.8, 4) is 5.75 Å². The summed E-state index contributed by atoms with van der Waals surface area (Å²) < 4.78 is 32.8. The first-order valence-electron chi connectivity index (χ1n) is 7.40. The maximum Gasteiger partial charge on any atom is 0.264 e. The summed E-state index contributed by atoms with van der Waals surface area (Å²) in [5.74, 6) is 0.101. The van der Waals surface area contributed by atoms with E-state index >= 15 is 0 Å². The summed E-state index contributed by atoms with van der Waals surface area (Å²) in [6.45, 7) is 1.37. The van der Waals surface area contributed by atoms with E-state index in [4.69, 9.17) is 16.3 Å². The molecule has 0 saturated heterocycles. The minimum atomic E-state index is -3.98. The average molecular weight is 387 g/mol. The van der Waals surface area contributed by atoms with E-state index in [1.807, 2.05) is 0 Å². The fraction of sp³-hybridized carbons (Fsp3) is 0.333. The van der Waals surface area contributed by atoms with Crippen LogP contribution < -0.4 is 10.1 Å². The van der Waals surface area contributed by atoms with E-state index < -0.39 is 15.9 Å². The van der Waals surface area contributed by atoms with Crippen LogP contribution in [0.15, 0.2) is 35.6 Å². The molecule has 0 aliphatic heterocycles. The number of nitrogens with one attached hydrogen (secondary N) is 1. The predicted molar refractivity (Wildman–Crippen MR) is 94.3 cm³/mol. The minimum absolute atomic E-state index is 0.00773. The number of imidazole rings is 1. The molecule has 0 atom stereocenters. The summed E-state index contributed by atoms with van der Waals surface area (Å²) in [6.07, 6.45) is 1.30. The van der Waals surface area contributed by atoms with Gasteiger partial charge in [0.2, 0.25) is 10.9 Å². The largest absolute Gasteiger partial charge is 0.497 e. The summed E-state index contributed by atoms with van der Waals surface area (Å²) in [5.41, 5.74) is 0.508. The summed E-state index contributed by atoms with van der Waals surface area (Å²) >= 11 is 5.97. The molecule has 136 valence electrons. The second-order valence-electron chi connectivity index (χ2n) is 5.16. The molecule has 10 heteroatoms. The van der Waals surface area contributed by atoms with Crippen LogP contribution in [0.5, 0.6) is 5.75 Å². The number of anilines is 1. The first-order valence-corrected chi connectivity index (χ1v) is 9.22. The number of ether oxygens (including phenoxy) is 1. The normalized spacial score (nSPS) is 11.6. The third kappa shape index (κ3) is 4.30. The molecule has 0 aliphatic rings. The molecule has 0 spiro atoms. The monoisotopic (exact) mass is 386 g/mol. The highest BCUT2D eigenvalue weighted by Gasteiger charge is 2.30. The minimum Gasteiger partial charge on any atom is -0.497 e. The van der Waals surface area contributed by atoms with Gasteiger partial charge >= 0.3 is 0 Å². The molecule has 8 nitrogen and oxygen atoms in total. The van der Waals surface area contributed by atoms with E-state index in [9.17, 15) is 13.2 Å². The Labute approximate surface area is 151 Å². The molecule has 0 saturated carbocycles. The topological polar surface area (TPSA) is 93.5 Å². The molecule has 1 N–H and O–H groups in total. The first-order chi connectivity index (χ1) is 11.8. The highest BCUT2D eigenvalue weighted by molar-refractivity contribution is 7.89. The Balaban J connectivity index is 2.15. The van der Waals surface area contributed by atoms with Gasteiger partial charge in [0.05, 0.1) is 20.0 Å². The van der Waals surface area contributed by atoms with Gasteiger partial charge in [-0.1, -0.05) is 24.6 Å². The van der Waals surface area contributed by atoms with Gasteiger partial charge in [0.25, 0.3) is 10.0 Å². The number of nitrogens with zero attached hydrogens (tertiary/aromatic N) is 3. The van der Waals surface area contributed by atoms with E-state index in [0.29, 0.717) is 11.4 Å². The Morgan fingerprint density at radius 1 is 1.44 bits per heavy atom. The second-order valence-corrected chi connectivity index (χ2v) is 7.37. The van der Waals surface area contributed by atoms with Crippen LogP contribution in [0.2, 0.25) is 5.15 Å². The molecule has 2 rings (SSSR count). The highest BCUT2D eigenvalue weighted by Crippen LogP contribution is 2.22. The third-order valence-corrected chi connectivity index (χ3v) is 5.86. The molecule has 0 unspecified atom stereocenters. The standard InChI is InChI=1S/C15H19ClN4O4S/c1-4-20(25(22,23)15-14(16)19(2)10-17-15)9-13(21)18-11-6-5-7-12(8-11)24-3/h5-8,10H,4,9H2,1-3H3,(H,18,21). The molecular formula is C15H19ClN4O4S. The van der Waals surface area contributed by atoms with Crippen LogP contribution in [0.4, 0.5) is 5.69 Å². The van der Waals surface area contributed by atoms with Crippen molar-refractivity contribution in [3.05, 3.63) is 35.7 Å². The highest BCUT2D eigenvalue weighted by atomic mass is 35.5. The van der Waals surface area contributed by atoms with Gasteiger partial charge in [-0.05, 0) is 12.1 Å². The van der Waals surface area contributed by atoms with Crippen LogP contribution in [-0.4, -0.2) is 48.4 Å². The number of hydrogen-bond donors (Lipinski definition) is 1. The fourth-order valence-corrected chi connectivity index (χ4v) is 3.91. The second kappa shape index (κ2) is 7.85. The Morgan fingerprint density at radius 3 is 2.72 bits per heavy atom. The number of benzene rings is 1. The molecule has 1 heterocycles. The van der Waals surface area contributed by atoms with Crippen LogP contribution in [0.3, 0.4) is 0 Å². The number of halogens is 1. The number of carbonyl (C=O) groups excluding carboxylic acids is 1. The Hall–Kier alpha value is -2.10. The molecular weight excluding hydrogens is 368 g/mol. The van der Waals surface area contributed by atoms with Crippen molar-refractivity contribution >= 4 is 33.2 Å². The van der Waals surface area contributed by atoms with E-state index in [1.54, 1.807) is 38.2 Å². The molecule has 0 bridgehead atoms. The van der Waals surface area contributed by atoms with Gasteiger partial charge in [-0.15, -0.1) is 0 Å². The maximum atomic E-state index is 12.7. The van der Waals surface area contributed by atoms with E-state index in [0.717, 1.165) is 4.31 Å². The smallest absolute Gasteiger partial charge is 0.264 e. The Bertz CT molecular complexity index is 866. The lowest BCUT2D eigenvalue weighted by Gasteiger charge is -2.19. The lowest BCUT2D eigenvalue weighted by molar-refractivity contribution is -0.116. The fourth-order valence-electron chi connectivity index (χ4n) is 2.12. The van der Waals surface area contributed by atoms with Gasteiger partial charge in [0, 0.05) is 25.3 Å². The third-order valence-electron chi connectivity index (χ3n) is 3.44. The van der Waals surface area contributed by atoms with Gasteiger partial charge in [0.1, 0.15) is 10.9 Å². The molecule has 1 aromatic heterocycles. The van der Waals surface area contributed by atoms with Crippen molar-refractivity contribution in [2.75, 3.05) is 25.5 Å². The van der Waals surface area contributed by atoms with Crippen LogP contribution in [0, 0.1) is 0 Å². The van der Waals surface area contributed by atoms with Gasteiger partial charge in [0.15, 0.2) is 0 Å². The number of sulfonamides is 1. The SMILES string of the molecule is CCN(CC(=O)Nc1cccc(OC)c1)S(=O)(=O)c1ncn(C)c1Cl. The number of aryl methyl sites for hydroxylation is 1. The number of methoxy groups -OCH3 is 1. The van der Waals surface area contributed by atoms with E-state index in [2.05, 4.69) is 10.3 Å². The van der Waals surface area contributed by atoms with Crippen molar-refractivity contribution in [3.63, 3.8) is 0 Å². The van der Waals surface area contributed by atoms with Gasteiger partial charge in [-0.2, -0.15) is 4.31 Å². The molecule has 0 aliphatic carbocycles. The van der Waals surface area contributed by atoms with Crippen molar-refractivity contribution in [1.82, 2.24) is 13.9 Å². The summed E-state index contributed by atoms with van der Waals surface area (Å²) in [6, 6.07) is 6.77. The van der Waals surface area contributed by atoms with Crippen LogP contribution in [0.25, 0.3) is 0 Å². The predicted octanol–water partition coefficient (Wildman–Crippen LogP) is 1.73. The van der Waals surface area contributed by atoms with Gasteiger partial charge < -0.3 is 14.6 Å². The average Bonchev–Trinajstić information content (AvgIpc) is 2.92. The molecule has 0 fully saturated rings. The molecule has 25 heavy (non-hydrogen) atoms. The lowest BCUT2D eigenvalue weighted by atomic mass is 10.3. The summed E-state index contributed by atoms with van der Waals surface area (Å²) in [7, 11) is -0.877. The zero-order valence-corrected chi connectivity index (χ0v) is 15.6. The lowest BCUT2D eigenvalue weighted by Crippen LogP contribution is -2.38. The van der Waals surface area contributed by atoms with Crippen LogP contribution in [0.1, 0.15) is 6.92 Å². The number of amides is 1. The molecule has 1 aromatic carbocycles. The van der Waals surface area contributed by atoms with Crippen molar-refractivity contribution in [2.24, 2.45) is 7.05 Å². The number of aromatic nitrogens is 2. The number of carbonyl (C=O) groups is 1. The first kappa shape index (κ1) is 19.2. The van der Waals surface area contributed by atoms with Crippen molar-refractivity contribution < 1.29 is 17.9 Å². The van der Waals surface area contributed by atoms with E-state index in [1.165, 1.54) is 18.0 Å². The van der Waals surface area contributed by atoms with E-state index in [-0.39, 0.29) is 23.3 Å².